The zero-order chi connectivity index (χ0) is 28.0. The van der Waals surface area contributed by atoms with Crippen LogP contribution in [0.5, 0.6) is 0 Å². The lowest BCUT2D eigenvalue weighted by Crippen LogP contribution is -2.64. The number of Topliss-reactive ketones (excluding diaryl/α,β-unsaturated/α-hetero) is 1. The summed E-state index contributed by atoms with van der Waals surface area (Å²) in [5.41, 5.74) is 0.286. The van der Waals surface area contributed by atoms with Crippen LogP contribution >= 0.6 is 0 Å². The summed E-state index contributed by atoms with van der Waals surface area (Å²) in [7, 11) is 0. The van der Waals surface area contributed by atoms with Crippen LogP contribution in [0.2, 0.25) is 0 Å². The zero-order valence-electron chi connectivity index (χ0n) is 22.3. The minimum Gasteiger partial charge on any atom is -0.394 e. The molecule has 7 N–H and O–H groups in total. The van der Waals surface area contributed by atoms with Crippen molar-refractivity contribution in [3.63, 3.8) is 0 Å². The average Bonchev–Trinajstić information content (AvgIpc) is 2.91. The second-order valence-corrected chi connectivity index (χ2v) is 10.9. The van der Waals surface area contributed by atoms with Gasteiger partial charge in [0.15, 0.2) is 12.1 Å². The van der Waals surface area contributed by atoms with Gasteiger partial charge in [0.25, 0.3) is 0 Å². The lowest BCUT2D eigenvalue weighted by molar-refractivity contribution is -0.340. The Kier molecular flexibility index (Phi) is 12.1. The molecule has 0 bridgehead atoms. The molecule has 2 saturated heterocycles. The third-order valence-electron chi connectivity index (χ3n) is 8.15. The third kappa shape index (κ3) is 7.01. The second-order valence-electron chi connectivity index (χ2n) is 10.9. The van der Waals surface area contributed by atoms with Crippen molar-refractivity contribution in [3.05, 3.63) is 11.6 Å². The molecule has 0 aromatic heterocycles. The average molecular weight is 547 g/mol. The zero-order valence-corrected chi connectivity index (χ0v) is 22.3. The summed E-state index contributed by atoms with van der Waals surface area (Å²) < 4.78 is 16.9. The van der Waals surface area contributed by atoms with Crippen molar-refractivity contribution in [1.29, 1.82) is 0 Å². The van der Waals surface area contributed by atoms with Crippen LogP contribution in [0.25, 0.3) is 0 Å². The van der Waals surface area contributed by atoms with E-state index in [9.17, 15) is 40.5 Å². The molecular formula is C27H46O11. The maximum absolute atomic E-state index is 13.2. The van der Waals surface area contributed by atoms with Crippen molar-refractivity contribution in [2.45, 2.75) is 126 Å². The smallest absolute Gasteiger partial charge is 0.187 e. The molecule has 220 valence electrons. The molecule has 0 radical (unpaired) electrons. The van der Waals surface area contributed by atoms with Gasteiger partial charge in [0.05, 0.1) is 13.2 Å². The van der Waals surface area contributed by atoms with E-state index in [-0.39, 0.29) is 23.2 Å². The van der Waals surface area contributed by atoms with E-state index < -0.39 is 74.4 Å². The van der Waals surface area contributed by atoms with E-state index >= 15 is 0 Å². The molecule has 2 aliphatic heterocycles. The number of aliphatic hydroxyl groups excluding tert-OH is 7. The number of hydrogen-bond acceptors (Lipinski definition) is 11. The highest BCUT2D eigenvalue weighted by Crippen LogP contribution is 2.39. The van der Waals surface area contributed by atoms with Gasteiger partial charge in [-0.25, -0.2) is 0 Å². The first kappa shape index (κ1) is 31.5. The fourth-order valence-corrected chi connectivity index (χ4v) is 5.80. The predicted molar refractivity (Wildman–Crippen MR) is 135 cm³/mol. The van der Waals surface area contributed by atoms with Gasteiger partial charge in [-0.15, -0.1) is 0 Å². The third-order valence-corrected chi connectivity index (χ3v) is 8.15. The van der Waals surface area contributed by atoms with Crippen LogP contribution in [0.1, 0.15) is 65.2 Å². The highest BCUT2D eigenvalue weighted by Gasteiger charge is 2.52. The van der Waals surface area contributed by atoms with Gasteiger partial charge in [0.1, 0.15) is 54.9 Å². The Bertz CT molecular complexity index is 772. The van der Waals surface area contributed by atoms with Crippen LogP contribution in [0, 0.1) is 11.8 Å². The van der Waals surface area contributed by atoms with Gasteiger partial charge in [-0.1, -0.05) is 52.0 Å². The van der Waals surface area contributed by atoms with Crippen LogP contribution in [0.3, 0.4) is 0 Å². The molecular weight excluding hydrogens is 500 g/mol. The number of hydrogen-bond donors (Lipinski definition) is 7. The van der Waals surface area contributed by atoms with Gasteiger partial charge in [-0.3, -0.25) is 4.79 Å². The number of rotatable bonds is 12. The van der Waals surface area contributed by atoms with Gasteiger partial charge < -0.3 is 50.0 Å². The molecule has 3 rings (SSSR count). The molecule has 2 heterocycles. The van der Waals surface area contributed by atoms with Crippen LogP contribution in [0.15, 0.2) is 11.6 Å². The van der Waals surface area contributed by atoms with Crippen LogP contribution in [-0.4, -0.2) is 116 Å². The van der Waals surface area contributed by atoms with Gasteiger partial charge in [0, 0.05) is 12.0 Å². The van der Waals surface area contributed by atoms with E-state index in [1.807, 2.05) is 6.08 Å². The van der Waals surface area contributed by atoms with Gasteiger partial charge >= 0.3 is 0 Å². The van der Waals surface area contributed by atoms with Crippen molar-refractivity contribution in [3.8, 4) is 0 Å². The number of carbonyl (C=O) groups is 1. The largest absolute Gasteiger partial charge is 0.394 e. The predicted octanol–water partition coefficient (Wildman–Crippen LogP) is -0.445. The summed E-state index contributed by atoms with van der Waals surface area (Å²) in [4.78, 5) is 13.2. The fraction of sp³-hybridized carbons (Fsp3) is 0.889. The van der Waals surface area contributed by atoms with Crippen LogP contribution < -0.4 is 0 Å². The number of ether oxygens (including phenoxy) is 3. The van der Waals surface area contributed by atoms with E-state index in [2.05, 4.69) is 13.8 Å². The summed E-state index contributed by atoms with van der Waals surface area (Å²) in [6, 6.07) is 0. The monoisotopic (exact) mass is 546 g/mol. The highest BCUT2D eigenvalue weighted by molar-refractivity contribution is 5.97. The standard InChI is InChI=1S/C27H46O11/c1-3-5-7-9-15-11-17(30)16(10-14(15)8-6-4-2)25-22(33)23(34)26(19(13-29)36-25)38-27-24(35)21(32)20(31)18(12-28)37-27/h10,14-15,18-29,31-35H,3-9,11-13H2,1-2H3. The quantitative estimate of drug-likeness (QED) is 0.157. The molecule has 11 heteroatoms. The van der Waals surface area contributed by atoms with Crippen LogP contribution in [-0.2, 0) is 19.0 Å². The summed E-state index contributed by atoms with van der Waals surface area (Å²) in [6.07, 6.45) is -5.52. The first-order valence-corrected chi connectivity index (χ1v) is 14.0. The Morgan fingerprint density at radius 3 is 2.13 bits per heavy atom. The van der Waals surface area contributed by atoms with E-state index in [4.69, 9.17) is 14.2 Å². The van der Waals surface area contributed by atoms with E-state index in [1.54, 1.807) is 0 Å². The Balaban J connectivity index is 1.78. The maximum atomic E-state index is 13.2. The Labute approximate surface area is 224 Å². The summed E-state index contributed by atoms with van der Waals surface area (Å²) in [5, 5.41) is 71.8. The van der Waals surface area contributed by atoms with E-state index in [1.165, 1.54) is 0 Å². The lowest BCUT2D eigenvalue weighted by Gasteiger charge is -2.47. The highest BCUT2D eigenvalue weighted by atomic mass is 16.7. The number of allylic oxidation sites excluding steroid dienone is 1. The lowest BCUT2D eigenvalue weighted by atomic mass is 9.73. The summed E-state index contributed by atoms with van der Waals surface area (Å²) >= 11 is 0. The van der Waals surface area contributed by atoms with Crippen molar-refractivity contribution < 1.29 is 54.8 Å². The van der Waals surface area contributed by atoms with Crippen molar-refractivity contribution in [2.24, 2.45) is 11.8 Å². The topological polar surface area (TPSA) is 186 Å². The van der Waals surface area contributed by atoms with E-state index in [0.717, 1.165) is 44.9 Å². The summed E-state index contributed by atoms with van der Waals surface area (Å²) in [6.45, 7) is 2.94. The molecule has 0 saturated carbocycles. The Morgan fingerprint density at radius 2 is 1.50 bits per heavy atom. The fourth-order valence-electron chi connectivity index (χ4n) is 5.80. The molecule has 0 spiro atoms. The number of aliphatic hydroxyl groups is 7. The molecule has 38 heavy (non-hydrogen) atoms. The second kappa shape index (κ2) is 14.6. The normalized spacial score (nSPS) is 42.2. The molecule has 2 fully saturated rings. The minimum absolute atomic E-state index is 0.142. The minimum atomic E-state index is -1.74. The molecule has 0 aromatic carbocycles. The molecule has 0 amide bonds. The molecule has 12 unspecified atom stereocenters. The molecule has 11 nitrogen and oxygen atoms in total. The first-order valence-electron chi connectivity index (χ1n) is 14.0. The van der Waals surface area contributed by atoms with Gasteiger partial charge in [-0.05, 0) is 24.7 Å². The van der Waals surface area contributed by atoms with Crippen molar-refractivity contribution >= 4 is 5.78 Å². The van der Waals surface area contributed by atoms with Crippen molar-refractivity contribution in [2.75, 3.05) is 13.2 Å². The Hall–Kier alpha value is -0.990. The molecule has 12 atom stereocenters. The number of carbonyl (C=O) groups excluding carboxylic acids is 1. The number of ketones is 1. The maximum Gasteiger partial charge on any atom is 0.187 e. The van der Waals surface area contributed by atoms with Crippen LogP contribution in [0.4, 0.5) is 0 Å². The first-order chi connectivity index (χ1) is 18.2. The molecule has 1 aliphatic carbocycles. The summed E-state index contributed by atoms with van der Waals surface area (Å²) in [5.74, 6) is 0.203. The van der Waals surface area contributed by atoms with E-state index in [0.29, 0.717) is 6.42 Å². The SMILES string of the molecule is CCCCCC1CC(=O)C(C2OC(CO)C(OC3OC(CO)C(O)C(O)C3O)C(O)C2O)=CC1CCCC. The number of unbranched alkanes of at least 4 members (excludes halogenated alkanes) is 3. The van der Waals surface area contributed by atoms with Crippen molar-refractivity contribution in [1.82, 2.24) is 0 Å². The van der Waals surface area contributed by atoms with Gasteiger partial charge in [0.2, 0.25) is 0 Å². The Morgan fingerprint density at radius 1 is 0.816 bits per heavy atom. The van der Waals surface area contributed by atoms with Gasteiger partial charge in [-0.2, -0.15) is 0 Å². The molecule has 3 aliphatic rings. The molecule has 0 aromatic rings.